The minimum Gasteiger partial charge on any atom is -0.481 e. The quantitative estimate of drug-likeness (QED) is 0.745. The van der Waals surface area contributed by atoms with E-state index in [1.54, 1.807) is 0 Å². The maximum atomic E-state index is 12.1. The van der Waals surface area contributed by atoms with Crippen LogP contribution in [0.5, 0.6) is 0 Å². The number of rotatable bonds is 6. The minimum absolute atomic E-state index is 0.141. The van der Waals surface area contributed by atoms with E-state index in [1.165, 1.54) is 0 Å². The number of carbonyl (C=O) groups is 2. The number of benzene rings is 1. The molecule has 1 amide bonds. The van der Waals surface area contributed by atoms with E-state index in [-0.39, 0.29) is 18.4 Å². The van der Waals surface area contributed by atoms with Crippen molar-refractivity contribution in [2.45, 2.75) is 38.2 Å². The first kappa shape index (κ1) is 16.5. The Hall–Kier alpha value is -1.88. The number of aliphatic hydroxyl groups excluding tert-OH is 1. The summed E-state index contributed by atoms with van der Waals surface area (Å²) in [6.45, 7) is 0.196. The highest BCUT2D eigenvalue weighted by atomic mass is 16.4. The maximum Gasteiger partial charge on any atom is 0.306 e. The third-order valence-electron chi connectivity index (χ3n) is 4.22. The van der Waals surface area contributed by atoms with Crippen molar-refractivity contribution in [1.29, 1.82) is 0 Å². The second kappa shape index (κ2) is 7.94. The van der Waals surface area contributed by atoms with Gasteiger partial charge in [0.05, 0.1) is 12.0 Å². The van der Waals surface area contributed by atoms with Crippen molar-refractivity contribution in [3.8, 4) is 0 Å². The van der Waals surface area contributed by atoms with Crippen LogP contribution in [0, 0.1) is 11.8 Å². The first-order valence-electron chi connectivity index (χ1n) is 7.78. The Morgan fingerprint density at radius 1 is 1.18 bits per heavy atom. The van der Waals surface area contributed by atoms with Crippen LogP contribution in [-0.4, -0.2) is 34.7 Å². The van der Waals surface area contributed by atoms with Gasteiger partial charge < -0.3 is 15.5 Å². The van der Waals surface area contributed by atoms with Gasteiger partial charge in [0, 0.05) is 18.9 Å². The van der Waals surface area contributed by atoms with Crippen LogP contribution >= 0.6 is 0 Å². The van der Waals surface area contributed by atoms with Crippen molar-refractivity contribution in [2.75, 3.05) is 6.54 Å². The Morgan fingerprint density at radius 3 is 2.55 bits per heavy atom. The molecule has 5 nitrogen and oxygen atoms in total. The molecule has 120 valence electrons. The molecule has 1 aromatic carbocycles. The molecule has 0 aliphatic heterocycles. The molecule has 1 aliphatic rings. The lowest BCUT2D eigenvalue weighted by molar-refractivity contribution is -0.144. The van der Waals surface area contributed by atoms with E-state index >= 15 is 0 Å². The van der Waals surface area contributed by atoms with Gasteiger partial charge in [0.2, 0.25) is 5.91 Å². The molecule has 3 unspecified atom stereocenters. The van der Waals surface area contributed by atoms with Gasteiger partial charge in [-0.3, -0.25) is 9.59 Å². The molecule has 0 spiro atoms. The summed E-state index contributed by atoms with van der Waals surface area (Å²) in [6, 6.07) is 9.61. The number of hydrogen-bond acceptors (Lipinski definition) is 3. The summed E-state index contributed by atoms with van der Waals surface area (Å²) in [5, 5.41) is 21.8. The average molecular weight is 305 g/mol. The fourth-order valence-corrected chi connectivity index (χ4v) is 2.97. The lowest BCUT2D eigenvalue weighted by Gasteiger charge is -2.26. The van der Waals surface area contributed by atoms with Crippen molar-refractivity contribution in [3.05, 3.63) is 35.9 Å². The molecule has 3 atom stereocenters. The van der Waals surface area contributed by atoms with E-state index in [2.05, 4.69) is 5.32 Å². The van der Waals surface area contributed by atoms with Gasteiger partial charge >= 0.3 is 5.97 Å². The summed E-state index contributed by atoms with van der Waals surface area (Å²) in [4.78, 5) is 23.1. The van der Waals surface area contributed by atoms with Crippen molar-refractivity contribution >= 4 is 11.9 Å². The lowest BCUT2D eigenvalue weighted by Crippen LogP contribution is -2.39. The van der Waals surface area contributed by atoms with E-state index < -0.39 is 18.0 Å². The van der Waals surface area contributed by atoms with Gasteiger partial charge in [-0.25, -0.2) is 0 Å². The van der Waals surface area contributed by atoms with Gasteiger partial charge in [0.25, 0.3) is 0 Å². The van der Waals surface area contributed by atoms with Gasteiger partial charge in [-0.15, -0.1) is 0 Å². The van der Waals surface area contributed by atoms with Crippen molar-refractivity contribution in [3.63, 3.8) is 0 Å². The van der Waals surface area contributed by atoms with Gasteiger partial charge in [-0.1, -0.05) is 36.8 Å². The van der Waals surface area contributed by atoms with Crippen LogP contribution in [0.4, 0.5) is 0 Å². The van der Waals surface area contributed by atoms with Crippen LogP contribution < -0.4 is 5.32 Å². The molecule has 0 saturated heterocycles. The normalized spacial score (nSPS) is 22.8. The molecule has 0 aromatic heterocycles. The highest BCUT2D eigenvalue weighted by Crippen LogP contribution is 2.29. The molecule has 2 rings (SSSR count). The highest BCUT2D eigenvalue weighted by Gasteiger charge is 2.30. The smallest absolute Gasteiger partial charge is 0.306 e. The third-order valence-corrected chi connectivity index (χ3v) is 4.22. The summed E-state index contributed by atoms with van der Waals surface area (Å²) in [6.07, 6.45) is 2.39. The first-order chi connectivity index (χ1) is 10.6. The van der Waals surface area contributed by atoms with E-state index in [9.17, 15) is 14.7 Å². The molecule has 1 aromatic rings. The number of aliphatic carboxylic acids is 1. The summed E-state index contributed by atoms with van der Waals surface area (Å²) in [7, 11) is 0. The van der Waals surface area contributed by atoms with Crippen LogP contribution in [-0.2, 0) is 16.0 Å². The van der Waals surface area contributed by atoms with E-state index in [0.717, 1.165) is 18.4 Å². The summed E-state index contributed by atoms with van der Waals surface area (Å²) in [5.41, 5.74) is 1.02. The zero-order valence-corrected chi connectivity index (χ0v) is 12.6. The van der Waals surface area contributed by atoms with Crippen LogP contribution in [0.2, 0.25) is 0 Å². The number of nitrogens with one attached hydrogen (secondary N) is 1. The summed E-state index contributed by atoms with van der Waals surface area (Å²) < 4.78 is 0. The van der Waals surface area contributed by atoms with Gasteiger partial charge in [0.15, 0.2) is 0 Å². The molecule has 0 radical (unpaired) electrons. The molecular formula is C17H23NO4. The predicted octanol–water partition coefficient (Wildman–Crippen LogP) is 1.60. The number of carboxylic acid groups (broad SMARTS) is 1. The predicted molar refractivity (Wildman–Crippen MR) is 82.2 cm³/mol. The lowest BCUT2D eigenvalue weighted by atomic mass is 9.81. The second-order valence-corrected chi connectivity index (χ2v) is 5.99. The molecule has 0 heterocycles. The first-order valence-corrected chi connectivity index (χ1v) is 7.78. The van der Waals surface area contributed by atoms with Crippen molar-refractivity contribution in [1.82, 2.24) is 5.32 Å². The topological polar surface area (TPSA) is 86.6 Å². The SMILES string of the molecule is O=C(O)C1CCCC(C(=O)NCC(O)Cc2ccccc2)C1. The number of aliphatic hydroxyl groups is 1. The molecular weight excluding hydrogens is 282 g/mol. The number of amides is 1. The summed E-state index contributed by atoms with van der Waals surface area (Å²) in [5.74, 6) is -1.63. The Morgan fingerprint density at radius 2 is 1.86 bits per heavy atom. The summed E-state index contributed by atoms with van der Waals surface area (Å²) >= 11 is 0. The van der Waals surface area contributed by atoms with Crippen LogP contribution in [0.3, 0.4) is 0 Å². The fourth-order valence-electron chi connectivity index (χ4n) is 2.97. The van der Waals surface area contributed by atoms with Crippen LogP contribution in [0.25, 0.3) is 0 Å². The van der Waals surface area contributed by atoms with E-state index in [1.807, 2.05) is 30.3 Å². The maximum absolute atomic E-state index is 12.1. The zero-order valence-electron chi connectivity index (χ0n) is 12.6. The third kappa shape index (κ3) is 4.84. The monoisotopic (exact) mass is 305 g/mol. The molecule has 3 N–H and O–H groups in total. The van der Waals surface area contributed by atoms with Gasteiger partial charge in [0.1, 0.15) is 0 Å². The standard InChI is InChI=1S/C17H23NO4/c19-15(9-12-5-2-1-3-6-12)11-18-16(20)13-7-4-8-14(10-13)17(21)22/h1-3,5-6,13-15,19H,4,7-11H2,(H,18,20)(H,21,22). The Balaban J connectivity index is 1.76. The molecule has 5 heteroatoms. The van der Waals surface area contributed by atoms with E-state index in [0.29, 0.717) is 19.3 Å². The Kier molecular flexibility index (Phi) is 5.95. The van der Waals surface area contributed by atoms with Crippen LogP contribution in [0.15, 0.2) is 30.3 Å². The average Bonchev–Trinajstić information content (AvgIpc) is 2.53. The largest absolute Gasteiger partial charge is 0.481 e. The second-order valence-electron chi connectivity index (χ2n) is 5.99. The number of hydrogen-bond donors (Lipinski definition) is 3. The highest BCUT2D eigenvalue weighted by molar-refractivity contribution is 5.80. The molecule has 22 heavy (non-hydrogen) atoms. The Bertz CT molecular complexity index is 503. The van der Waals surface area contributed by atoms with E-state index in [4.69, 9.17) is 5.11 Å². The van der Waals surface area contributed by atoms with Crippen LogP contribution in [0.1, 0.15) is 31.2 Å². The molecule has 1 fully saturated rings. The number of carbonyl (C=O) groups excluding carboxylic acids is 1. The van der Waals surface area contributed by atoms with Gasteiger partial charge in [-0.05, 0) is 24.8 Å². The fraction of sp³-hybridized carbons (Fsp3) is 0.529. The minimum atomic E-state index is -0.818. The molecule has 1 saturated carbocycles. The number of carboxylic acids is 1. The zero-order chi connectivity index (χ0) is 15.9. The Labute approximate surface area is 130 Å². The van der Waals surface area contributed by atoms with Gasteiger partial charge in [-0.2, -0.15) is 0 Å². The van der Waals surface area contributed by atoms with Crippen molar-refractivity contribution < 1.29 is 19.8 Å². The molecule has 1 aliphatic carbocycles. The van der Waals surface area contributed by atoms with Crippen molar-refractivity contribution in [2.24, 2.45) is 11.8 Å². The molecule has 0 bridgehead atoms.